The van der Waals surface area contributed by atoms with Crippen molar-refractivity contribution < 1.29 is 14.0 Å². The van der Waals surface area contributed by atoms with Crippen molar-refractivity contribution in [3.8, 4) is 0 Å². The lowest BCUT2D eigenvalue weighted by atomic mass is 10.1. The van der Waals surface area contributed by atoms with E-state index in [1.54, 1.807) is 28.7 Å². The molecule has 0 saturated heterocycles. The summed E-state index contributed by atoms with van der Waals surface area (Å²) in [6, 6.07) is 16.8. The number of pyridine rings is 1. The largest absolute Gasteiger partial charge is 0.324 e. The standard InChI is InChI=1S/C24H20FN5O2/c1-15-9-10-18(17(25)12-15)27-22(31)13-21-23(32)29(14-16-6-4-5-11-26-16)24-28-19-7-2-3-8-20(19)30(21)24/h2-12,21H,13-14H2,1H3,(H,27,31)/t21-/m1/s1. The maximum absolute atomic E-state index is 14.2. The molecule has 32 heavy (non-hydrogen) atoms. The molecule has 0 radical (unpaired) electrons. The highest BCUT2D eigenvalue weighted by Gasteiger charge is 2.41. The van der Waals surface area contributed by atoms with E-state index < -0.39 is 17.8 Å². The molecule has 1 aliphatic rings. The van der Waals surface area contributed by atoms with Gasteiger partial charge in [0.1, 0.15) is 11.9 Å². The Balaban J connectivity index is 1.47. The second kappa shape index (κ2) is 7.88. The SMILES string of the molecule is Cc1ccc(NC(=O)C[C@@H]2C(=O)N(Cc3ccccn3)c3nc4ccccc4n32)c(F)c1. The summed E-state index contributed by atoms with van der Waals surface area (Å²) in [6.07, 6.45) is 1.53. The normalized spacial score (nSPS) is 15.2. The number of carbonyl (C=O) groups is 2. The summed E-state index contributed by atoms with van der Waals surface area (Å²) < 4.78 is 16.0. The van der Waals surface area contributed by atoms with Gasteiger partial charge in [-0.25, -0.2) is 9.37 Å². The van der Waals surface area contributed by atoms with E-state index in [2.05, 4.69) is 15.3 Å². The number of nitrogens with zero attached hydrogens (tertiary/aromatic N) is 4. The predicted molar refractivity (Wildman–Crippen MR) is 119 cm³/mol. The summed E-state index contributed by atoms with van der Waals surface area (Å²) in [5.74, 6) is -0.735. The Labute approximate surface area is 183 Å². The second-order valence-electron chi connectivity index (χ2n) is 7.77. The van der Waals surface area contributed by atoms with Gasteiger partial charge in [-0.3, -0.25) is 24.0 Å². The summed E-state index contributed by atoms with van der Waals surface area (Å²) in [6.45, 7) is 2.02. The van der Waals surface area contributed by atoms with Crippen LogP contribution in [0.5, 0.6) is 0 Å². The van der Waals surface area contributed by atoms with E-state index in [1.807, 2.05) is 42.5 Å². The molecule has 0 saturated carbocycles. The molecule has 1 N–H and O–H groups in total. The molecule has 1 atom stereocenters. The fourth-order valence-electron chi connectivity index (χ4n) is 4.00. The van der Waals surface area contributed by atoms with Crippen molar-refractivity contribution in [3.05, 3.63) is 83.9 Å². The van der Waals surface area contributed by atoms with E-state index in [0.29, 0.717) is 11.6 Å². The third-order valence-electron chi connectivity index (χ3n) is 5.51. The Hall–Kier alpha value is -4.07. The third-order valence-corrected chi connectivity index (χ3v) is 5.51. The minimum atomic E-state index is -0.783. The fraction of sp³-hybridized carbons (Fsp3) is 0.167. The lowest BCUT2D eigenvalue weighted by Gasteiger charge is -2.15. The summed E-state index contributed by atoms with van der Waals surface area (Å²) >= 11 is 0. The van der Waals surface area contributed by atoms with Gasteiger partial charge in [0.2, 0.25) is 11.9 Å². The van der Waals surface area contributed by atoms with Crippen molar-refractivity contribution >= 4 is 34.5 Å². The van der Waals surface area contributed by atoms with Crippen LogP contribution in [0.2, 0.25) is 0 Å². The number of aryl methyl sites for hydroxylation is 1. The van der Waals surface area contributed by atoms with Gasteiger partial charge in [0, 0.05) is 6.20 Å². The van der Waals surface area contributed by atoms with Crippen molar-refractivity contribution in [1.29, 1.82) is 0 Å². The average Bonchev–Trinajstić information content (AvgIpc) is 3.27. The van der Waals surface area contributed by atoms with Gasteiger partial charge in [-0.2, -0.15) is 0 Å². The van der Waals surface area contributed by atoms with Gasteiger partial charge in [0.25, 0.3) is 5.91 Å². The summed E-state index contributed by atoms with van der Waals surface area (Å²) in [5, 5.41) is 2.59. The molecule has 160 valence electrons. The van der Waals surface area contributed by atoms with Crippen LogP contribution in [-0.2, 0) is 16.1 Å². The first-order valence-electron chi connectivity index (χ1n) is 10.3. The summed E-state index contributed by atoms with van der Waals surface area (Å²) in [7, 11) is 0. The maximum Gasteiger partial charge on any atom is 0.253 e. The number of halogens is 1. The molecule has 0 bridgehead atoms. The highest BCUT2D eigenvalue weighted by atomic mass is 19.1. The van der Waals surface area contributed by atoms with Crippen LogP contribution in [0, 0.1) is 12.7 Å². The van der Waals surface area contributed by atoms with E-state index >= 15 is 0 Å². The lowest BCUT2D eigenvalue weighted by molar-refractivity contribution is -0.124. The van der Waals surface area contributed by atoms with Gasteiger partial charge in [-0.15, -0.1) is 0 Å². The number of nitrogens with one attached hydrogen (secondary N) is 1. The topological polar surface area (TPSA) is 80.1 Å². The van der Waals surface area contributed by atoms with E-state index in [0.717, 1.165) is 16.6 Å². The molecule has 7 nitrogen and oxygen atoms in total. The van der Waals surface area contributed by atoms with Crippen LogP contribution in [0.1, 0.15) is 23.7 Å². The Morgan fingerprint density at radius 2 is 1.94 bits per heavy atom. The highest BCUT2D eigenvalue weighted by Crippen LogP contribution is 2.37. The van der Waals surface area contributed by atoms with Gasteiger partial charge in [-0.1, -0.05) is 24.3 Å². The average molecular weight is 429 g/mol. The zero-order valence-electron chi connectivity index (χ0n) is 17.3. The second-order valence-corrected chi connectivity index (χ2v) is 7.77. The summed E-state index contributed by atoms with van der Waals surface area (Å²) in [4.78, 5) is 36.6. The van der Waals surface area contributed by atoms with Gasteiger partial charge in [0.05, 0.1) is 35.4 Å². The number of hydrogen-bond donors (Lipinski definition) is 1. The molecule has 2 aromatic heterocycles. The monoisotopic (exact) mass is 429 g/mol. The van der Waals surface area contributed by atoms with Gasteiger partial charge in [-0.05, 0) is 48.9 Å². The minimum Gasteiger partial charge on any atom is -0.324 e. The molecule has 2 aromatic carbocycles. The minimum absolute atomic E-state index is 0.0899. The van der Waals surface area contributed by atoms with Crippen LogP contribution in [0.15, 0.2) is 66.9 Å². The zero-order valence-corrected chi connectivity index (χ0v) is 17.3. The number of amides is 2. The Bertz CT molecular complexity index is 1330. The van der Waals surface area contributed by atoms with Gasteiger partial charge >= 0.3 is 0 Å². The van der Waals surface area contributed by atoms with Crippen molar-refractivity contribution in [3.63, 3.8) is 0 Å². The number of para-hydroxylation sites is 2. The van der Waals surface area contributed by atoms with Gasteiger partial charge < -0.3 is 5.32 Å². The molecule has 0 spiro atoms. The Morgan fingerprint density at radius 3 is 2.72 bits per heavy atom. The van der Waals surface area contributed by atoms with E-state index in [1.165, 1.54) is 12.1 Å². The first kappa shape index (κ1) is 19.9. The quantitative estimate of drug-likeness (QED) is 0.520. The number of benzene rings is 2. The molecule has 1 aliphatic heterocycles. The Kier molecular flexibility index (Phi) is 4.89. The maximum atomic E-state index is 14.2. The molecule has 0 aliphatic carbocycles. The number of anilines is 2. The number of imidazole rings is 1. The van der Waals surface area contributed by atoms with Crippen LogP contribution in [0.25, 0.3) is 11.0 Å². The molecular weight excluding hydrogens is 409 g/mol. The number of rotatable bonds is 5. The number of carbonyl (C=O) groups excluding carboxylic acids is 2. The number of fused-ring (bicyclic) bond motifs is 3. The molecule has 0 unspecified atom stereocenters. The molecule has 0 fully saturated rings. The van der Waals surface area contributed by atoms with Gasteiger partial charge in [0.15, 0.2) is 0 Å². The molecular formula is C24H20FN5O2. The van der Waals surface area contributed by atoms with Crippen molar-refractivity contribution in [1.82, 2.24) is 14.5 Å². The first-order chi connectivity index (χ1) is 15.5. The van der Waals surface area contributed by atoms with Crippen molar-refractivity contribution in [2.45, 2.75) is 25.9 Å². The molecule has 3 heterocycles. The highest BCUT2D eigenvalue weighted by molar-refractivity contribution is 6.05. The van der Waals surface area contributed by atoms with E-state index in [-0.39, 0.29) is 24.6 Å². The lowest BCUT2D eigenvalue weighted by Crippen LogP contribution is -2.31. The molecule has 4 aromatic rings. The van der Waals surface area contributed by atoms with Crippen LogP contribution in [0.4, 0.5) is 16.0 Å². The molecule has 2 amide bonds. The smallest absolute Gasteiger partial charge is 0.253 e. The zero-order chi connectivity index (χ0) is 22.2. The predicted octanol–water partition coefficient (Wildman–Crippen LogP) is 4.00. The Morgan fingerprint density at radius 1 is 1.12 bits per heavy atom. The van der Waals surface area contributed by atoms with E-state index in [4.69, 9.17) is 0 Å². The number of aromatic nitrogens is 3. The first-order valence-corrected chi connectivity index (χ1v) is 10.3. The third kappa shape index (κ3) is 3.49. The molecule has 8 heteroatoms. The van der Waals surface area contributed by atoms with Crippen molar-refractivity contribution in [2.75, 3.05) is 10.2 Å². The van der Waals surface area contributed by atoms with E-state index in [9.17, 15) is 14.0 Å². The summed E-state index contributed by atoms with van der Waals surface area (Å²) in [5.41, 5.74) is 3.05. The van der Waals surface area contributed by atoms with Crippen LogP contribution < -0.4 is 10.2 Å². The number of hydrogen-bond acceptors (Lipinski definition) is 4. The van der Waals surface area contributed by atoms with Crippen LogP contribution in [0.3, 0.4) is 0 Å². The van der Waals surface area contributed by atoms with Crippen LogP contribution in [-0.4, -0.2) is 26.3 Å². The van der Waals surface area contributed by atoms with Crippen LogP contribution >= 0.6 is 0 Å². The fourth-order valence-corrected chi connectivity index (χ4v) is 4.00. The van der Waals surface area contributed by atoms with Crippen molar-refractivity contribution in [2.24, 2.45) is 0 Å². The molecule has 5 rings (SSSR count).